The summed E-state index contributed by atoms with van der Waals surface area (Å²) in [6, 6.07) is 11.6. The van der Waals surface area contributed by atoms with Crippen LogP contribution >= 0.6 is 15.9 Å². The van der Waals surface area contributed by atoms with Crippen LogP contribution < -0.4 is 16.0 Å². The number of anilines is 1. The van der Waals surface area contributed by atoms with Crippen LogP contribution in [0.15, 0.2) is 51.7 Å². The van der Waals surface area contributed by atoms with Gasteiger partial charge in [-0.15, -0.1) is 0 Å². The summed E-state index contributed by atoms with van der Waals surface area (Å²) < 4.78 is 1.52. The first-order chi connectivity index (χ1) is 12.4. The number of nitrogens with zero attached hydrogens (tertiary/aromatic N) is 2. The minimum atomic E-state index is -1.52. The lowest BCUT2D eigenvalue weighted by Crippen LogP contribution is -2.34. The van der Waals surface area contributed by atoms with Crippen LogP contribution in [0.1, 0.15) is 16.1 Å². The van der Waals surface area contributed by atoms with E-state index in [1.807, 2.05) is 19.1 Å². The number of rotatable bonds is 4. The number of carboxylic acids is 1. The number of fused-ring (bicyclic) bond motifs is 1. The lowest BCUT2D eigenvalue weighted by atomic mass is 10.1. The molecular formula is C18H13BrN3O4-. The Hall–Kier alpha value is -3.00. The fourth-order valence-electron chi connectivity index (χ4n) is 2.54. The number of benzene rings is 2. The number of aromatic carboxylic acids is 1. The molecule has 0 fully saturated rings. The molecule has 0 unspecified atom stereocenters. The highest BCUT2D eigenvalue weighted by Crippen LogP contribution is 2.23. The Morgan fingerprint density at radius 2 is 1.88 bits per heavy atom. The summed E-state index contributed by atoms with van der Waals surface area (Å²) >= 11 is 3.35. The highest BCUT2D eigenvalue weighted by atomic mass is 79.9. The molecule has 0 aliphatic heterocycles. The number of nitrogens with one attached hydrogen (secondary N) is 1. The quantitative estimate of drug-likeness (QED) is 0.695. The van der Waals surface area contributed by atoms with Gasteiger partial charge in [0.05, 0.1) is 17.0 Å². The van der Waals surface area contributed by atoms with Crippen LogP contribution in [0, 0.1) is 6.92 Å². The number of aryl methyl sites for hydroxylation is 1. The first-order valence-corrected chi connectivity index (χ1v) is 8.43. The second kappa shape index (κ2) is 7.09. The molecule has 3 rings (SSSR count). The lowest BCUT2D eigenvalue weighted by Gasteiger charge is -2.12. The summed E-state index contributed by atoms with van der Waals surface area (Å²) in [5.74, 6) is -2.03. The molecule has 0 radical (unpaired) electrons. The Balaban J connectivity index is 1.95. The van der Waals surface area contributed by atoms with E-state index in [1.54, 1.807) is 18.2 Å². The van der Waals surface area contributed by atoms with Crippen molar-refractivity contribution in [2.45, 2.75) is 13.5 Å². The minimum Gasteiger partial charge on any atom is -0.543 e. The fourth-order valence-corrected chi connectivity index (χ4v) is 3.13. The van der Waals surface area contributed by atoms with Crippen LogP contribution in [-0.4, -0.2) is 21.7 Å². The van der Waals surface area contributed by atoms with Gasteiger partial charge in [0.25, 0.3) is 5.56 Å². The van der Waals surface area contributed by atoms with Crippen LogP contribution in [0.25, 0.3) is 10.8 Å². The number of halogens is 1. The molecule has 0 aliphatic carbocycles. The van der Waals surface area contributed by atoms with Crippen molar-refractivity contribution < 1.29 is 14.7 Å². The Kier molecular flexibility index (Phi) is 4.85. The van der Waals surface area contributed by atoms with Gasteiger partial charge >= 0.3 is 0 Å². The van der Waals surface area contributed by atoms with Gasteiger partial charge in [-0.05, 0) is 46.6 Å². The van der Waals surface area contributed by atoms with Gasteiger partial charge in [0, 0.05) is 9.86 Å². The standard InChI is InChI=1S/C18H14BrN3O4/c1-10-6-7-14(13(19)8-10)20-15(23)9-22-17(24)12-5-3-2-4-11(12)16(21-22)18(25)26/h2-8H,9H2,1H3,(H,20,23)(H,25,26)/p-1. The molecule has 0 atom stereocenters. The summed E-state index contributed by atoms with van der Waals surface area (Å²) in [6.45, 7) is 1.49. The van der Waals surface area contributed by atoms with Gasteiger partial charge in [-0.1, -0.05) is 24.3 Å². The van der Waals surface area contributed by atoms with E-state index in [2.05, 4.69) is 26.3 Å². The summed E-state index contributed by atoms with van der Waals surface area (Å²) in [5.41, 5.74) is 0.615. The molecule has 0 bridgehead atoms. The molecule has 0 spiro atoms. The topological polar surface area (TPSA) is 104 Å². The van der Waals surface area contributed by atoms with E-state index < -0.39 is 24.0 Å². The van der Waals surface area contributed by atoms with Crippen LogP contribution in [0.3, 0.4) is 0 Å². The molecule has 8 heteroatoms. The molecule has 3 aromatic rings. The zero-order valence-electron chi connectivity index (χ0n) is 13.7. The van der Waals surface area contributed by atoms with E-state index in [4.69, 9.17) is 0 Å². The molecule has 1 heterocycles. The van der Waals surface area contributed by atoms with Crippen molar-refractivity contribution in [1.82, 2.24) is 9.78 Å². The van der Waals surface area contributed by atoms with E-state index in [-0.39, 0.29) is 16.5 Å². The molecule has 0 saturated carbocycles. The molecule has 1 amide bonds. The second-order valence-corrected chi connectivity index (χ2v) is 6.53. The monoisotopic (exact) mass is 414 g/mol. The third-order valence-electron chi connectivity index (χ3n) is 3.75. The first-order valence-electron chi connectivity index (χ1n) is 7.64. The number of carbonyl (C=O) groups is 2. The van der Waals surface area contributed by atoms with Crippen molar-refractivity contribution in [2.24, 2.45) is 0 Å². The van der Waals surface area contributed by atoms with Gasteiger partial charge in [-0.2, -0.15) is 5.10 Å². The predicted octanol–water partition coefficient (Wildman–Crippen LogP) is 1.47. The van der Waals surface area contributed by atoms with E-state index in [9.17, 15) is 19.5 Å². The summed E-state index contributed by atoms with van der Waals surface area (Å²) in [6.07, 6.45) is 0. The van der Waals surface area contributed by atoms with Crippen LogP contribution in [0.2, 0.25) is 0 Å². The highest BCUT2D eigenvalue weighted by Gasteiger charge is 2.14. The molecular weight excluding hydrogens is 402 g/mol. The van der Waals surface area contributed by atoms with Gasteiger partial charge in [0.1, 0.15) is 12.2 Å². The Bertz CT molecular complexity index is 1090. The highest BCUT2D eigenvalue weighted by molar-refractivity contribution is 9.10. The molecule has 132 valence electrons. The summed E-state index contributed by atoms with van der Waals surface area (Å²) in [4.78, 5) is 36.1. The zero-order valence-corrected chi connectivity index (χ0v) is 15.2. The number of hydrogen-bond acceptors (Lipinski definition) is 5. The van der Waals surface area contributed by atoms with Crippen LogP contribution in [0.4, 0.5) is 5.69 Å². The maximum Gasteiger partial charge on any atom is 0.275 e. The molecule has 1 N–H and O–H groups in total. The van der Waals surface area contributed by atoms with E-state index in [1.165, 1.54) is 12.1 Å². The largest absolute Gasteiger partial charge is 0.543 e. The smallest absolute Gasteiger partial charge is 0.275 e. The Morgan fingerprint density at radius 1 is 1.19 bits per heavy atom. The van der Waals surface area contributed by atoms with Gasteiger partial charge < -0.3 is 15.2 Å². The number of hydrogen-bond donors (Lipinski definition) is 1. The van der Waals surface area contributed by atoms with E-state index in [0.717, 1.165) is 10.2 Å². The SMILES string of the molecule is Cc1ccc(NC(=O)Cn2nc(C(=O)[O-])c3ccccc3c2=O)c(Br)c1. The van der Waals surface area contributed by atoms with Gasteiger partial charge in [-0.25, -0.2) is 4.68 Å². The van der Waals surface area contributed by atoms with Crippen molar-refractivity contribution in [3.63, 3.8) is 0 Å². The van der Waals surface area contributed by atoms with Gasteiger partial charge in [0.2, 0.25) is 5.91 Å². The maximum atomic E-state index is 12.5. The molecule has 26 heavy (non-hydrogen) atoms. The van der Waals surface area contributed by atoms with Gasteiger partial charge in [0.15, 0.2) is 0 Å². The predicted molar refractivity (Wildman–Crippen MR) is 97.8 cm³/mol. The van der Waals surface area contributed by atoms with Crippen molar-refractivity contribution in [1.29, 1.82) is 0 Å². The average molecular weight is 415 g/mol. The number of carboxylic acid groups (broad SMARTS) is 1. The number of carbonyl (C=O) groups excluding carboxylic acids is 2. The Labute approximate surface area is 156 Å². The minimum absolute atomic E-state index is 0.158. The maximum absolute atomic E-state index is 12.5. The molecule has 1 aromatic heterocycles. The second-order valence-electron chi connectivity index (χ2n) is 5.68. The van der Waals surface area contributed by atoms with Crippen LogP contribution in [0.5, 0.6) is 0 Å². The normalized spacial score (nSPS) is 10.7. The van der Waals surface area contributed by atoms with E-state index >= 15 is 0 Å². The molecule has 0 aliphatic rings. The third-order valence-corrected chi connectivity index (χ3v) is 4.41. The third kappa shape index (κ3) is 3.50. The van der Waals surface area contributed by atoms with Crippen molar-refractivity contribution >= 4 is 44.3 Å². The molecule has 7 nitrogen and oxygen atoms in total. The van der Waals surface area contributed by atoms with Crippen LogP contribution in [-0.2, 0) is 11.3 Å². The summed E-state index contributed by atoms with van der Waals surface area (Å²) in [7, 11) is 0. The van der Waals surface area contributed by atoms with Gasteiger partial charge in [-0.3, -0.25) is 9.59 Å². The van der Waals surface area contributed by atoms with Crippen molar-refractivity contribution in [3.8, 4) is 0 Å². The van der Waals surface area contributed by atoms with Crippen molar-refractivity contribution in [2.75, 3.05) is 5.32 Å². The molecule has 0 saturated heterocycles. The fraction of sp³-hybridized carbons (Fsp3) is 0.111. The van der Waals surface area contributed by atoms with Crippen molar-refractivity contribution in [3.05, 3.63) is 68.5 Å². The Morgan fingerprint density at radius 3 is 2.54 bits per heavy atom. The zero-order chi connectivity index (χ0) is 18.8. The summed E-state index contributed by atoms with van der Waals surface area (Å²) in [5, 5.41) is 18.1. The lowest BCUT2D eigenvalue weighted by molar-refractivity contribution is -0.255. The average Bonchev–Trinajstić information content (AvgIpc) is 2.59. The molecule has 2 aromatic carbocycles. The van der Waals surface area contributed by atoms with E-state index in [0.29, 0.717) is 10.2 Å². The number of amides is 1. The number of aromatic nitrogens is 2. The first kappa shape index (κ1) is 17.8.